The van der Waals surface area contributed by atoms with Crippen molar-refractivity contribution in [1.29, 1.82) is 0 Å². The molecule has 6 nitrogen and oxygen atoms in total. The quantitative estimate of drug-likeness (QED) is 0.404. The molecule has 0 bridgehead atoms. The lowest BCUT2D eigenvalue weighted by Crippen LogP contribution is -2.07. The van der Waals surface area contributed by atoms with Crippen molar-refractivity contribution >= 4 is 17.7 Å². The maximum absolute atomic E-state index is 11.4. The van der Waals surface area contributed by atoms with Gasteiger partial charge in [-0.25, -0.2) is 0 Å². The number of aryl methyl sites for hydroxylation is 1. The van der Waals surface area contributed by atoms with E-state index in [1.165, 1.54) is 24.4 Å². The van der Waals surface area contributed by atoms with Gasteiger partial charge in [-0.15, -0.1) is 10.2 Å². The second-order valence-electron chi connectivity index (χ2n) is 6.07. The molecule has 28 heavy (non-hydrogen) atoms. The van der Waals surface area contributed by atoms with Crippen molar-refractivity contribution < 1.29 is 14.3 Å². The average molecular weight is 398 g/mol. The summed E-state index contributed by atoms with van der Waals surface area (Å²) in [5, 5.41) is 9.57. The molecule has 2 aromatic carbocycles. The zero-order valence-corrected chi connectivity index (χ0v) is 16.8. The highest BCUT2D eigenvalue weighted by Gasteiger charge is 2.17. The van der Waals surface area contributed by atoms with E-state index in [4.69, 9.17) is 9.47 Å². The smallest absolute Gasteiger partial charge is 0.306 e. The zero-order valence-electron chi connectivity index (χ0n) is 16.0. The molecule has 1 heterocycles. The van der Waals surface area contributed by atoms with Gasteiger partial charge in [-0.3, -0.25) is 4.79 Å². The van der Waals surface area contributed by atoms with Crippen molar-refractivity contribution in [3.8, 4) is 17.1 Å². The van der Waals surface area contributed by atoms with Crippen LogP contribution in [0.3, 0.4) is 0 Å². The van der Waals surface area contributed by atoms with Gasteiger partial charge in [0, 0.05) is 12.3 Å². The van der Waals surface area contributed by atoms with Gasteiger partial charge in [0.2, 0.25) is 0 Å². The standard InChI is InChI=1S/C21H23N3O3S/c1-26-18-11-7-6-10-17(18)20-22-23-21(28-15-13-19(25)27-2)24(20)14-12-16-8-4-3-5-9-16/h3-11H,12-15H2,1-2H3. The molecule has 0 spiro atoms. The van der Waals surface area contributed by atoms with Crippen molar-refractivity contribution in [2.75, 3.05) is 20.0 Å². The van der Waals surface area contributed by atoms with Gasteiger partial charge in [0.15, 0.2) is 11.0 Å². The molecule has 146 valence electrons. The third-order valence-electron chi connectivity index (χ3n) is 4.30. The summed E-state index contributed by atoms with van der Waals surface area (Å²) < 4.78 is 12.3. The summed E-state index contributed by atoms with van der Waals surface area (Å²) in [6.07, 6.45) is 1.18. The molecule has 0 aliphatic carbocycles. The number of hydrogen-bond acceptors (Lipinski definition) is 6. The minimum atomic E-state index is -0.229. The Balaban J connectivity index is 1.87. The number of rotatable bonds is 9. The van der Waals surface area contributed by atoms with Crippen LogP contribution in [-0.2, 0) is 22.5 Å². The van der Waals surface area contributed by atoms with E-state index < -0.39 is 0 Å². The second-order valence-corrected chi connectivity index (χ2v) is 7.13. The molecule has 0 fully saturated rings. The molecule has 0 atom stereocenters. The number of thioether (sulfide) groups is 1. The van der Waals surface area contributed by atoms with Crippen molar-refractivity contribution in [3.05, 3.63) is 60.2 Å². The van der Waals surface area contributed by atoms with Crippen molar-refractivity contribution in [2.24, 2.45) is 0 Å². The summed E-state index contributed by atoms with van der Waals surface area (Å²) in [6.45, 7) is 0.727. The number of benzene rings is 2. The Labute approximate surface area is 168 Å². The fraction of sp³-hybridized carbons (Fsp3) is 0.286. The fourth-order valence-corrected chi connectivity index (χ4v) is 3.72. The lowest BCUT2D eigenvalue weighted by Gasteiger charge is -2.12. The van der Waals surface area contributed by atoms with Gasteiger partial charge in [0.25, 0.3) is 0 Å². The van der Waals surface area contributed by atoms with Crippen LogP contribution in [0.5, 0.6) is 5.75 Å². The number of para-hydroxylation sites is 1. The number of ether oxygens (including phenoxy) is 2. The third kappa shape index (κ3) is 4.92. The van der Waals surface area contributed by atoms with Crippen LogP contribution in [0, 0.1) is 0 Å². The van der Waals surface area contributed by atoms with Gasteiger partial charge in [-0.2, -0.15) is 0 Å². The van der Waals surface area contributed by atoms with Crippen LogP contribution in [0.25, 0.3) is 11.4 Å². The molecule has 0 unspecified atom stereocenters. The predicted octanol–water partition coefficient (Wildman–Crippen LogP) is 3.85. The van der Waals surface area contributed by atoms with Crippen LogP contribution in [0.15, 0.2) is 59.8 Å². The number of nitrogens with zero attached hydrogens (tertiary/aromatic N) is 3. The maximum atomic E-state index is 11.4. The summed E-state index contributed by atoms with van der Waals surface area (Å²) in [5.74, 6) is 1.87. The molecule has 0 saturated carbocycles. The van der Waals surface area contributed by atoms with E-state index in [0.717, 1.165) is 35.3 Å². The summed E-state index contributed by atoms with van der Waals surface area (Å²) >= 11 is 1.50. The Kier molecular flexibility index (Phi) is 7.08. The first kappa shape index (κ1) is 19.9. The molecule has 0 N–H and O–H groups in total. The second kappa shape index (κ2) is 9.94. The fourth-order valence-electron chi connectivity index (χ4n) is 2.84. The van der Waals surface area contributed by atoms with Gasteiger partial charge in [-0.1, -0.05) is 54.2 Å². The molecular formula is C21H23N3O3S. The first-order chi connectivity index (χ1) is 13.7. The molecule has 0 aliphatic rings. The number of methoxy groups -OCH3 is 2. The first-order valence-corrected chi connectivity index (χ1v) is 10.0. The van der Waals surface area contributed by atoms with E-state index in [0.29, 0.717) is 12.2 Å². The van der Waals surface area contributed by atoms with Gasteiger partial charge >= 0.3 is 5.97 Å². The Morgan fingerprint density at radius 3 is 2.54 bits per heavy atom. The van der Waals surface area contributed by atoms with Crippen LogP contribution in [-0.4, -0.2) is 40.7 Å². The van der Waals surface area contributed by atoms with Crippen molar-refractivity contribution in [1.82, 2.24) is 14.8 Å². The number of hydrogen-bond donors (Lipinski definition) is 0. The highest BCUT2D eigenvalue weighted by Crippen LogP contribution is 2.31. The van der Waals surface area contributed by atoms with E-state index in [2.05, 4.69) is 26.9 Å². The van der Waals surface area contributed by atoms with Gasteiger partial charge in [0.05, 0.1) is 26.2 Å². The largest absolute Gasteiger partial charge is 0.496 e. The Morgan fingerprint density at radius 2 is 1.79 bits per heavy atom. The lowest BCUT2D eigenvalue weighted by atomic mass is 10.1. The number of esters is 1. The van der Waals surface area contributed by atoms with E-state index in [1.54, 1.807) is 7.11 Å². The topological polar surface area (TPSA) is 66.2 Å². The van der Waals surface area contributed by atoms with E-state index >= 15 is 0 Å². The highest BCUT2D eigenvalue weighted by molar-refractivity contribution is 7.99. The van der Waals surface area contributed by atoms with E-state index in [9.17, 15) is 4.79 Å². The Bertz CT molecular complexity index is 912. The Morgan fingerprint density at radius 1 is 1.04 bits per heavy atom. The number of carbonyl (C=O) groups is 1. The van der Waals surface area contributed by atoms with E-state index in [-0.39, 0.29) is 5.97 Å². The van der Waals surface area contributed by atoms with Gasteiger partial charge in [-0.05, 0) is 24.1 Å². The highest BCUT2D eigenvalue weighted by atomic mass is 32.2. The summed E-state index contributed by atoms with van der Waals surface area (Å²) in [7, 11) is 3.05. The minimum absolute atomic E-state index is 0.229. The average Bonchev–Trinajstić information content (AvgIpc) is 3.15. The van der Waals surface area contributed by atoms with E-state index in [1.807, 2.05) is 42.5 Å². The third-order valence-corrected chi connectivity index (χ3v) is 5.27. The SMILES string of the molecule is COC(=O)CCSc1nnc(-c2ccccc2OC)n1CCc1ccccc1. The van der Waals surface area contributed by atoms with Crippen LogP contribution in [0.4, 0.5) is 0 Å². The van der Waals surface area contributed by atoms with Crippen LogP contribution >= 0.6 is 11.8 Å². The molecule has 0 saturated heterocycles. The molecule has 1 aromatic heterocycles. The maximum Gasteiger partial charge on any atom is 0.306 e. The number of carbonyl (C=O) groups excluding carboxylic acids is 1. The zero-order chi connectivity index (χ0) is 19.8. The van der Waals surface area contributed by atoms with Crippen LogP contribution < -0.4 is 4.74 Å². The summed E-state index contributed by atoms with van der Waals surface area (Å²) in [4.78, 5) is 11.4. The summed E-state index contributed by atoms with van der Waals surface area (Å²) in [5.41, 5.74) is 2.14. The Hall–Kier alpha value is -2.80. The molecule has 3 rings (SSSR count). The molecule has 7 heteroatoms. The molecule has 0 radical (unpaired) electrons. The summed E-state index contributed by atoms with van der Waals surface area (Å²) in [6, 6.07) is 18.1. The molecular weight excluding hydrogens is 374 g/mol. The van der Waals surface area contributed by atoms with Crippen molar-refractivity contribution in [3.63, 3.8) is 0 Å². The van der Waals surface area contributed by atoms with Crippen LogP contribution in [0.2, 0.25) is 0 Å². The molecule has 0 amide bonds. The molecule has 0 aliphatic heterocycles. The predicted molar refractivity (Wildman–Crippen MR) is 110 cm³/mol. The first-order valence-electron chi connectivity index (χ1n) is 9.03. The van der Waals surface area contributed by atoms with Crippen LogP contribution in [0.1, 0.15) is 12.0 Å². The van der Waals surface area contributed by atoms with Crippen molar-refractivity contribution in [2.45, 2.75) is 24.5 Å². The lowest BCUT2D eigenvalue weighted by molar-refractivity contribution is -0.140. The molecule has 3 aromatic rings. The normalized spacial score (nSPS) is 10.6. The number of aromatic nitrogens is 3. The monoisotopic (exact) mass is 397 g/mol. The van der Waals surface area contributed by atoms with Gasteiger partial charge < -0.3 is 14.0 Å². The minimum Gasteiger partial charge on any atom is -0.496 e. The van der Waals surface area contributed by atoms with Gasteiger partial charge in [0.1, 0.15) is 5.75 Å².